The standard InChI is InChI=1S/C14H19N5O2/c1-10-2-4-16-13-12(10)17-14(15)19(13)5-3-11(20)18-6-8-21-9-7-18/h2,4H,3,5-9H2,1H3,(H2,15,17). The van der Waals surface area contributed by atoms with E-state index in [0.29, 0.717) is 45.2 Å². The van der Waals surface area contributed by atoms with E-state index in [4.69, 9.17) is 10.5 Å². The zero-order valence-electron chi connectivity index (χ0n) is 12.1. The Morgan fingerprint density at radius 1 is 1.43 bits per heavy atom. The molecule has 0 saturated carbocycles. The third-order valence-corrected chi connectivity index (χ3v) is 3.78. The van der Waals surface area contributed by atoms with Crippen LogP contribution in [0.1, 0.15) is 12.0 Å². The van der Waals surface area contributed by atoms with Gasteiger partial charge in [-0.1, -0.05) is 0 Å². The van der Waals surface area contributed by atoms with Gasteiger partial charge in [-0.05, 0) is 18.6 Å². The fourth-order valence-corrected chi connectivity index (χ4v) is 2.55. The van der Waals surface area contributed by atoms with E-state index in [-0.39, 0.29) is 5.91 Å². The van der Waals surface area contributed by atoms with Crippen molar-refractivity contribution < 1.29 is 9.53 Å². The van der Waals surface area contributed by atoms with Crippen LogP contribution in [-0.2, 0) is 16.1 Å². The number of carbonyl (C=O) groups excluding carboxylic acids is 1. The number of nitrogens with two attached hydrogens (primary N) is 1. The number of ether oxygens (including phenoxy) is 1. The number of hydrogen-bond donors (Lipinski definition) is 1. The number of rotatable bonds is 3. The largest absolute Gasteiger partial charge is 0.378 e. The van der Waals surface area contributed by atoms with E-state index in [1.807, 2.05) is 17.9 Å². The van der Waals surface area contributed by atoms with Crippen molar-refractivity contribution in [2.45, 2.75) is 19.9 Å². The van der Waals surface area contributed by atoms with Crippen molar-refractivity contribution in [1.82, 2.24) is 19.4 Å². The molecule has 0 bridgehead atoms. The molecule has 0 aliphatic carbocycles. The predicted octanol–water partition coefficient (Wildman–Crippen LogP) is 0.571. The molecule has 1 aliphatic rings. The summed E-state index contributed by atoms with van der Waals surface area (Å²) in [6, 6.07) is 1.90. The Kier molecular flexibility index (Phi) is 3.74. The minimum absolute atomic E-state index is 0.118. The summed E-state index contributed by atoms with van der Waals surface area (Å²) in [5, 5.41) is 0. The van der Waals surface area contributed by atoms with Gasteiger partial charge in [-0.3, -0.25) is 9.36 Å². The predicted molar refractivity (Wildman–Crippen MR) is 78.7 cm³/mol. The Morgan fingerprint density at radius 2 is 2.19 bits per heavy atom. The molecule has 7 nitrogen and oxygen atoms in total. The summed E-state index contributed by atoms with van der Waals surface area (Å²) < 4.78 is 7.06. The van der Waals surface area contributed by atoms with Crippen LogP contribution in [0, 0.1) is 6.92 Å². The van der Waals surface area contributed by atoms with Gasteiger partial charge in [-0.25, -0.2) is 9.97 Å². The van der Waals surface area contributed by atoms with Gasteiger partial charge in [-0.15, -0.1) is 0 Å². The van der Waals surface area contributed by atoms with Crippen molar-refractivity contribution in [3.8, 4) is 0 Å². The number of nitrogens with zero attached hydrogens (tertiary/aromatic N) is 4. The highest BCUT2D eigenvalue weighted by atomic mass is 16.5. The Bertz CT molecular complexity index is 661. The van der Waals surface area contributed by atoms with Crippen LogP contribution in [0.2, 0.25) is 0 Å². The lowest BCUT2D eigenvalue weighted by atomic mass is 10.3. The topological polar surface area (TPSA) is 86.3 Å². The monoisotopic (exact) mass is 289 g/mol. The molecular weight excluding hydrogens is 270 g/mol. The number of imidazole rings is 1. The summed E-state index contributed by atoms with van der Waals surface area (Å²) >= 11 is 0. The van der Waals surface area contributed by atoms with Gasteiger partial charge in [-0.2, -0.15) is 0 Å². The number of amides is 1. The molecule has 0 atom stereocenters. The van der Waals surface area contributed by atoms with Crippen LogP contribution in [0.3, 0.4) is 0 Å². The number of pyridine rings is 1. The Balaban J connectivity index is 1.74. The summed E-state index contributed by atoms with van der Waals surface area (Å²) in [6.45, 7) is 5.02. The second-order valence-electron chi connectivity index (χ2n) is 5.16. The third kappa shape index (κ3) is 2.69. The summed E-state index contributed by atoms with van der Waals surface area (Å²) in [7, 11) is 0. The van der Waals surface area contributed by atoms with E-state index in [0.717, 1.165) is 16.7 Å². The molecule has 0 unspecified atom stereocenters. The number of morpholine rings is 1. The van der Waals surface area contributed by atoms with E-state index >= 15 is 0 Å². The number of fused-ring (bicyclic) bond motifs is 1. The highest BCUT2D eigenvalue weighted by molar-refractivity contribution is 5.79. The number of nitrogen functional groups attached to an aromatic ring is 1. The van der Waals surface area contributed by atoms with E-state index < -0.39 is 0 Å². The maximum Gasteiger partial charge on any atom is 0.224 e. The quantitative estimate of drug-likeness (QED) is 0.892. The number of hydrogen-bond acceptors (Lipinski definition) is 5. The van der Waals surface area contributed by atoms with Gasteiger partial charge >= 0.3 is 0 Å². The minimum atomic E-state index is 0.118. The lowest BCUT2D eigenvalue weighted by molar-refractivity contribution is -0.135. The van der Waals surface area contributed by atoms with Crippen molar-refractivity contribution in [2.75, 3.05) is 32.0 Å². The Labute approximate surface area is 122 Å². The normalized spacial score (nSPS) is 15.6. The number of aromatic nitrogens is 3. The van der Waals surface area contributed by atoms with E-state index in [1.54, 1.807) is 10.8 Å². The van der Waals surface area contributed by atoms with Crippen LogP contribution < -0.4 is 5.73 Å². The van der Waals surface area contributed by atoms with E-state index in [2.05, 4.69) is 9.97 Å². The minimum Gasteiger partial charge on any atom is -0.378 e. The number of carbonyl (C=O) groups is 1. The van der Waals surface area contributed by atoms with Crippen LogP contribution in [0.25, 0.3) is 11.2 Å². The first-order chi connectivity index (χ1) is 10.2. The lowest BCUT2D eigenvalue weighted by Gasteiger charge is -2.26. The van der Waals surface area contributed by atoms with E-state index in [1.165, 1.54) is 0 Å². The molecule has 2 N–H and O–H groups in total. The lowest BCUT2D eigenvalue weighted by Crippen LogP contribution is -2.41. The zero-order valence-corrected chi connectivity index (χ0v) is 12.1. The van der Waals surface area contributed by atoms with Gasteiger partial charge in [0.15, 0.2) is 5.65 Å². The molecule has 2 aromatic heterocycles. The van der Waals surface area contributed by atoms with Gasteiger partial charge < -0.3 is 15.4 Å². The zero-order chi connectivity index (χ0) is 14.8. The average molecular weight is 289 g/mol. The second-order valence-corrected chi connectivity index (χ2v) is 5.16. The summed E-state index contributed by atoms with van der Waals surface area (Å²) in [6.07, 6.45) is 2.13. The van der Waals surface area contributed by atoms with Crippen LogP contribution in [0.15, 0.2) is 12.3 Å². The van der Waals surface area contributed by atoms with Gasteiger partial charge in [0.05, 0.1) is 13.2 Å². The van der Waals surface area contributed by atoms with E-state index in [9.17, 15) is 4.79 Å². The smallest absolute Gasteiger partial charge is 0.224 e. The Morgan fingerprint density at radius 3 is 2.95 bits per heavy atom. The van der Waals surface area contributed by atoms with Crippen molar-refractivity contribution >= 4 is 23.0 Å². The first-order valence-corrected chi connectivity index (χ1v) is 7.09. The summed E-state index contributed by atoms with van der Waals surface area (Å²) in [5.41, 5.74) is 8.52. The van der Waals surface area contributed by atoms with Crippen LogP contribution in [0.4, 0.5) is 5.95 Å². The number of anilines is 1. The fourth-order valence-electron chi connectivity index (χ4n) is 2.55. The average Bonchev–Trinajstić information content (AvgIpc) is 2.83. The highest BCUT2D eigenvalue weighted by Crippen LogP contribution is 2.19. The molecule has 0 aromatic carbocycles. The molecule has 112 valence electrons. The number of aryl methyl sites for hydroxylation is 2. The molecule has 2 aromatic rings. The maximum absolute atomic E-state index is 12.2. The molecule has 3 heterocycles. The molecule has 3 rings (SSSR count). The van der Waals surface area contributed by atoms with Crippen molar-refractivity contribution in [2.24, 2.45) is 0 Å². The molecule has 1 amide bonds. The first-order valence-electron chi connectivity index (χ1n) is 7.09. The van der Waals surface area contributed by atoms with Gasteiger partial charge in [0.1, 0.15) is 5.52 Å². The Hall–Kier alpha value is -2.15. The molecule has 21 heavy (non-hydrogen) atoms. The highest BCUT2D eigenvalue weighted by Gasteiger charge is 2.18. The summed E-state index contributed by atoms with van der Waals surface area (Å²) in [5.74, 6) is 0.522. The van der Waals surface area contributed by atoms with Gasteiger partial charge in [0, 0.05) is 32.3 Å². The molecular formula is C14H19N5O2. The van der Waals surface area contributed by atoms with Crippen LogP contribution >= 0.6 is 0 Å². The van der Waals surface area contributed by atoms with Crippen LogP contribution in [0.5, 0.6) is 0 Å². The van der Waals surface area contributed by atoms with Gasteiger partial charge in [0.25, 0.3) is 0 Å². The molecule has 1 fully saturated rings. The van der Waals surface area contributed by atoms with Crippen molar-refractivity contribution in [1.29, 1.82) is 0 Å². The van der Waals surface area contributed by atoms with Crippen molar-refractivity contribution in [3.63, 3.8) is 0 Å². The fraction of sp³-hybridized carbons (Fsp3) is 0.500. The van der Waals surface area contributed by atoms with Crippen LogP contribution in [-0.4, -0.2) is 51.6 Å². The molecule has 1 saturated heterocycles. The first kappa shape index (κ1) is 13.8. The SMILES string of the molecule is Cc1ccnc2c1nc(N)n2CCC(=O)N1CCOCC1. The third-order valence-electron chi connectivity index (χ3n) is 3.78. The summed E-state index contributed by atoms with van der Waals surface area (Å²) in [4.78, 5) is 22.7. The maximum atomic E-state index is 12.2. The second kappa shape index (κ2) is 5.69. The molecule has 7 heteroatoms. The molecule has 0 spiro atoms. The molecule has 0 radical (unpaired) electrons. The van der Waals surface area contributed by atoms with Gasteiger partial charge in [0.2, 0.25) is 11.9 Å². The van der Waals surface area contributed by atoms with Crippen molar-refractivity contribution in [3.05, 3.63) is 17.8 Å². The molecule has 1 aliphatic heterocycles.